The second kappa shape index (κ2) is 77.5. The molecule has 0 fully saturated rings. The Morgan fingerprint density at radius 1 is 0.256 bits per heavy atom. The van der Waals surface area contributed by atoms with E-state index in [0.717, 1.165) is 161 Å². The second-order valence-electron chi connectivity index (χ2n) is 23.2. The van der Waals surface area contributed by atoms with Crippen LogP contribution in [0.15, 0.2) is 219 Å². The third kappa shape index (κ3) is 74.7. The zero-order chi connectivity index (χ0) is 64.7. The first kappa shape index (κ1) is 84.2. The summed E-state index contributed by atoms with van der Waals surface area (Å²) in [6.45, 7) is 3.88. The quantitative estimate of drug-likeness (QED) is 0.0373. The molecular weight excluding hydrogens is 1100 g/mol. The molecule has 0 spiro atoms. The van der Waals surface area contributed by atoms with Crippen molar-refractivity contribution in [1.82, 2.24) is 0 Å². The Morgan fingerprint density at radius 2 is 0.444 bits per heavy atom. The number of ether oxygens (including phenoxy) is 2. The smallest absolute Gasteiger partial charge is 0.306 e. The van der Waals surface area contributed by atoms with Gasteiger partial charge in [0.2, 0.25) is 0 Å². The molecule has 0 saturated carbocycles. The van der Waals surface area contributed by atoms with Crippen molar-refractivity contribution in [3.05, 3.63) is 219 Å². The van der Waals surface area contributed by atoms with Gasteiger partial charge in [-0.05, 0) is 154 Å². The molecule has 0 saturated heterocycles. The lowest BCUT2D eigenvalue weighted by atomic mass is 10.0. The van der Waals surface area contributed by atoms with E-state index in [1.54, 1.807) is 0 Å². The fourth-order valence-corrected chi connectivity index (χ4v) is 9.42. The Hall–Kier alpha value is -5.78. The van der Waals surface area contributed by atoms with Gasteiger partial charge in [-0.25, -0.2) is 0 Å². The number of aliphatic hydroxyl groups is 1. The van der Waals surface area contributed by atoms with Crippen molar-refractivity contribution >= 4 is 11.9 Å². The average molecular weight is 1230 g/mol. The lowest BCUT2D eigenvalue weighted by Gasteiger charge is -2.15. The van der Waals surface area contributed by atoms with Crippen molar-refractivity contribution in [3.8, 4) is 0 Å². The highest BCUT2D eigenvalue weighted by Gasteiger charge is 2.16. The summed E-state index contributed by atoms with van der Waals surface area (Å²) in [4.78, 5) is 24.7. The van der Waals surface area contributed by atoms with E-state index in [1.165, 1.54) is 96.3 Å². The zero-order valence-corrected chi connectivity index (χ0v) is 57.6. The number of rotatable bonds is 64. The van der Waals surface area contributed by atoms with Crippen LogP contribution in [0.1, 0.15) is 284 Å². The van der Waals surface area contributed by atoms with E-state index >= 15 is 0 Å². The van der Waals surface area contributed by atoms with Gasteiger partial charge in [0.1, 0.15) is 6.61 Å². The molecule has 0 aliphatic heterocycles. The highest BCUT2D eigenvalue weighted by molar-refractivity contribution is 5.70. The zero-order valence-electron chi connectivity index (χ0n) is 57.6. The van der Waals surface area contributed by atoms with E-state index in [9.17, 15) is 14.7 Å². The van der Waals surface area contributed by atoms with Crippen LogP contribution in [-0.4, -0.2) is 36.4 Å². The minimum atomic E-state index is -0.807. The molecule has 502 valence electrons. The number of hydrogen-bond donors (Lipinski definition) is 1. The van der Waals surface area contributed by atoms with Gasteiger partial charge in [-0.3, -0.25) is 9.59 Å². The number of allylic oxidation sites excluding steroid dienone is 36. The normalized spacial score (nSPS) is 13.6. The van der Waals surface area contributed by atoms with Gasteiger partial charge >= 0.3 is 11.9 Å². The Morgan fingerprint density at radius 3 is 0.678 bits per heavy atom. The van der Waals surface area contributed by atoms with E-state index in [0.29, 0.717) is 12.8 Å². The van der Waals surface area contributed by atoms with Crippen molar-refractivity contribution < 1.29 is 24.2 Å². The lowest BCUT2D eigenvalue weighted by molar-refractivity contribution is -0.161. The summed E-state index contributed by atoms with van der Waals surface area (Å²) < 4.78 is 10.7. The molecule has 0 aromatic rings. The second-order valence-corrected chi connectivity index (χ2v) is 23.2. The topological polar surface area (TPSA) is 72.8 Å². The number of aliphatic hydroxyl groups excluding tert-OH is 1. The number of unbranched alkanes of at least 4 members (excludes halogenated alkanes) is 20. The first-order chi connectivity index (χ1) is 44.6. The monoisotopic (exact) mass is 1230 g/mol. The predicted molar refractivity (Wildman–Crippen MR) is 398 cm³/mol. The molecule has 0 aliphatic rings. The summed E-state index contributed by atoms with van der Waals surface area (Å²) in [6, 6.07) is 0. The predicted octanol–water partition coefficient (Wildman–Crippen LogP) is 25.9. The Balaban J connectivity index is 3.61. The van der Waals surface area contributed by atoms with Crippen molar-refractivity contribution in [2.75, 3.05) is 13.2 Å². The van der Waals surface area contributed by atoms with Gasteiger partial charge in [0, 0.05) is 12.8 Å². The third-order valence-electron chi connectivity index (χ3n) is 14.8. The molecule has 0 heterocycles. The SMILES string of the molecule is CC/C=C\C/C=C\C/C=C\C/C=C\C/C=C\C/C=C\C/C=C\C/C=C\C/C=C\C/C=C\C/C=C\CCCCCC(=O)OC(CO)COC(=O)CCCCCCCCCCCCCCCCCCC/C=C\C/C=C\C/C=C\C/C=C\C/C=C\C/C=C\C/C=C\CC. The Bertz CT molecular complexity index is 2130. The number of esters is 2. The van der Waals surface area contributed by atoms with E-state index in [2.05, 4.69) is 233 Å². The van der Waals surface area contributed by atoms with E-state index in [1.807, 2.05) is 0 Å². The molecule has 0 aliphatic carbocycles. The van der Waals surface area contributed by atoms with E-state index < -0.39 is 6.10 Å². The van der Waals surface area contributed by atoms with Crippen molar-refractivity contribution in [1.29, 1.82) is 0 Å². The fraction of sp³-hybridized carbons (Fsp3) is 0.553. The van der Waals surface area contributed by atoms with Crippen molar-refractivity contribution in [2.45, 2.75) is 290 Å². The van der Waals surface area contributed by atoms with Crippen LogP contribution in [-0.2, 0) is 19.1 Å². The summed E-state index contributed by atoms with van der Waals surface area (Å²) in [7, 11) is 0. The van der Waals surface area contributed by atoms with Crippen LogP contribution in [0.5, 0.6) is 0 Å². The third-order valence-corrected chi connectivity index (χ3v) is 14.8. The summed E-state index contributed by atoms with van der Waals surface area (Å²) in [5.74, 6) is -0.638. The largest absolute Gasteiger partial charge is 0.462 e. The number of carbonyl (C=O) groups excluding carboxylic acids is 2. The fourth-order valence-electron chi connectivity index (χ4n) is 9.42. The first-order valence-corrected chi connectivity index (χ1v) is 36.3. The first-order valence-electron chi connectivity index (χ1n) is 36.3. The molecule has 90 heavy (non-hydrogen) atoms. The minimum Gasteiger partial charge on any atom is -0.462 e. The molecule has 5 nitrogen and oxygen atoms in total. The van der Waals surface area contributed by atoms with Crippen LogP contribution in [0.4, 0.5) is 0 Å². The summed E-state index contributed by atoms with van der Waals surface area (Å²) in [5, 5.41) is 9.71. The van der Waals surface area contributed by atoms with Crippen LogP contribution >= 0.6 is 0 Å². The molecule has 0 aromatic carbocycles. The van der Waals surface area contributed by atoms with Gasteiger partial charge in [-0.15, -0.1) is 0 Å². The van der Waals surface area contributed by atoms with Gasteiger partial charge in [0.25, 0.3) is 0 Å². The average Bonchev–Trinajstić information content (AvgIpc) is 3.62. The molecular formula is C85H132O5. The molecule has 1 N–H and O–H groups in total. The van der Waals surface area contributed by atoms with Crippen LogP contribution < -0.4 is 0 Å². The molecule has 0 rings (SSSR count). The van der Waals surface area contributed by atoms with E-state index in [4.69, 9.17) is 9.47 Å². The molecule has 5 heteroatoms. The molecule has 1 unspecified atom stereocenters. The van der Waals surface area contributed by atoms with Crippen molar-refractivity contribution in [3.63, 3.8) is 0 Å². The highest BCUT2D eigenvalue weighted by atomic mass is 16.6. The highest BCUT2D eigenvalue weighted by Crippen LogP contribution is 2.16. The van der Waals surface area contributed by atoms with Gasteiger partial charge in [-0.1, -0.05) is 335 Å². The molecule has 0 amide bonds. The summed E-state index contributed by atoms with van der Waals surface area (Å²) in [6.07, 6.45) is 125. The lowest BCUT2D eigenvalue weighted by Crippen LogP contribution is -2.28. The van der Waals surface area contributed by atoms with Crippen LogP contribution in [0.25, 0.3) is 0 Å². The number of hydrogen-bond acceptors (Lipinski definition) is 5. The molecule has 0 radical (unpaired) electrons. The molecule has 0 bridgehead atoms. The summed E-state index contributed by atoms with van der Waals surface area (Å²) in [5.41, 5.74) is 0. The van der Waals surface area contributed by atoms with Crippen LogP contribution in [0.3, 0.4) is 0 Å². The minimum absolute atomic E-state index is 0.0913. The molecule has 1 atom stereocenters. The van der Waals surface area contributed by atoms with E-state index in [-0.39, 0.29) is 25.2 Å². The van der Waals surface area contributed by atoms with Crippen molar-refractivity contribution in [2.24, 2.45) is 0 Å². The number of carbonyl (C=O) groups is 2. The summed E-state index contributed by atoms with van der Waals surface area (Å²) >= 11 is 0. The van der Waals surface area contributed by atoms with Gasteiger partial charge in [0.05, 0.1) is 6.61 Å². The maximum absolute atomic E-state index is 12.4. The Kier molecular flexibility index (Phi) is 72.5. The standard InChI is InChI=1S/C85H132O5/c1-3-5-7-9-11-13-15-17-19-21-23-25-27-29-31-33-35-37-39-41-42-44-45-47-49-51-53-55-57-59-61-63-65-67-69-71-73-75-77-79-84(87)89-82-83(81-86)90-85(88)80-78-76-74-72-70-68-66-64-62-60-58-56-54-52-50-48-46-43-40-38-36-34-32-30-28-26-24-22-20-18-16-14-12-10-8-6-4-2/h5-8,11-14,17-20,23-26,29-32,35-38,41-43,46,50,52,56,58,62,64,68,70,83,86H,3-4,9-10,15-16,21-22,27-28,33-34,39-40,44-45,47-49,51,53-55,57,59-61,63,65-67,69,71-82H2,1-2H3/b7-5-,8-6-,13-11-,14-12-,19-17-,20-18-,25-23-,26-24-,31-29-,32-30-,37-35-,38-36-,42-41-,46-43-,52-50-,58-56-,64-62-,70-68-. The van der Waals surface area contributed by atoms with Gasteiger partial charge < -0.3 is 14.6 Å². The van der Waals surface area contributed by atoms with Crippen LogP contribution in [0, 0.1) is 0 Å². The maximum atomic E-state index is 12.4. The molecule has 0 aromatic heterocycles. The maximum Gasteiger partial charge on any atom is 0.306 e. The van der Waals surface area contributed by atoms with Crippen LogP contribution in [0.2, 0.25) is 0 Å². The van der Waals surface area contributed by atoms with Gasteiger partial charge in [-0.2, -0.15) is 0 Å². The van der Waals surface area contributed by atoms with Gasteiger partial charge in [0.15, 0.2) is 6.10 Å². The Labute approximate surface area is 554 Å².